The molecule has 1 N–H and O–H groups in total. The summed E-state index contributed by atoms with van der Waals surface area (Å²) >= 11 is 3.63. The van der Waals surface area contributed by atoms with Crippen molar-refractivity contribution in [3.63, 3.8) is 0 Å². The van der Waals surface area contributed by atoms with Crippen molar-refractivity contribution in [1.82, 2.24) is 15.0 Å². The summed E-state index contributed by atoms with van der Waals surface area (Å²) < 4.78 is 1.11. The zero-order chi connectivity index (χ0) is 20.0. The van der Waals surface area contributed by atoms with E-state index in [4.69, 9.17) is 0 Å². The molecule has 0 fully saturated rings. The van der Waals surface area contributed by atoms with E-state index in [1.165, 1.54) is 33.3 Å². The van der Waals surface area contributed by atoms with Crippen molar-refractivity contribution in [2.45, 2.75) is 32.2 Å². The Labute approximate surface area is 179 Å². The number of nitrogens with zero attached hydrogens (tertiary/aromatic N) is 3. The highest BCUT2D eigenvalue weighted by atomic mass is 79.9. The quantitative estimate of drug-likeness (QED) is 0.419. The first-order chi connectivity index (χ1) is 14.1. The smallest absolute Gasteiger partial charge is 0.226 e. The van der Waals surface area contributed by atoms with Crippen molar-refractivity contribution in [1.29, 1.82) is 0 Å². The van der Waals surface area contributed by atoms with Crippen LogP contribution in [0.3, 0.4) is 0 Å². The monoisotopic (exact) mass is 446 g/mol. The molecular formula is C24H23BrN4. The van der Waals surface area contributed by atoms with Crippen LogP contribution in [0.15, 0.2) is 65.4 Å². The van der Waals surface area contributed by atoms with E-state index in [9.17, 15) is 0 Å². The van der Waals surface area contributed by atoms with Crippen molar-refractivity contribution in [3.8, 4) is 0 Å². The van der Waals surface area contributed by atoms with Crippen LogP contribution in [-0.4, -0.2) is 21.5 Å². The third-order valence-corrected chi connectivity index (χ3v) is 6.31. The lowest BCUT2D eigenvalue weighted by Gasteiger charge is -2.36. The number of nitrogens with one attached hydrogen (secondary N) is 1. The van der Waals surface area contributed by atoms with Crippen LogP contribution in [-0.2, 0) is 6.42 Å². The average molecular weight is 447 g/mol. The topological polar surface area (TPSA) is 44.8 Å². The predicted molar refractivity (Wildman–Crippen MR) is 121 cm³/mol. The Morgan fingerprint density at radius 1 is 1.07 bits per heavy atom. The molecule has 0 saturated carbocycles. The molecule has 5 heteroatoms. The van der Waals surface area contributed by atoms with E-state index >= 15 is 0 Å². The van der Waals surface area contributed by atoms with Gasteiger partial charge < -0.3 is 9.88 Å². The van der Waals surface area contributed by atoms with Gasteiger partial charge in [0.1, 0.15) is 0 Å². The van der Waals surface area contributed by atoms with Gasteiger partial charge in [0.25, 0.3) is 0 Å². The Hall–Kier alpha value is -2.66. The van der Waals surface area contributed by atoms with Crippen LogP contribution in [0.1, 0.15) is 48.2 Å². The summed E-state index contributed by atoms with van der Waals surface area (Å²) in [5, 5.41) is 1.30. The lowest BCUT2D eigenvalue weighted by Crippen LogP contribution is -2.37. The van der Waals surface area contributed by atoms with Crippen molar-refractivity contribution < 1.29 is 0 Å². The number of halogens is 1. The normalized spacial score (nSPS) is 16.4. The van der Waals surface area contributed by atoms with Gasteiger partial charge in [-0.15, -0.1) is 0 Å². The zero-order valence-corrected chi connectivity index (χ0v) is 18.1. The summed E-state index contributed by atoms with van der Waals surface area (Å²) in [7, 11) is 0. The van der Waals surface area contributed by atoms with Crippen LogP contribution >= 0.6 is 15.9 Å². The van der Waals surface area contributed by atoms with E-state index in [-0.39, 0.29) is 6.04 Å². The van der Waals surface area contributed by atoms with Gasteiger partial charge >= 0.3 is 0 Å². The summed E-state index contributed by atoms with van der Waals surface area (Å²) in [6.45, 7) is 5.34. The Bertz CT molecular complexity index is 1150. The van der Waals surface area contributed by atoms with Crippen LogP contribution in [0.2, 0.25) is 0 Å². The number of benzene rings is 2. The Morgan fingerprint density at radius 3 is 2.55 bits per heavy atom. The lowest BCUT2D eigenvalue weighted by atomic mass is 9.91. The SMILES string of the molecule is CC(C)c1ccc(C2c3[nH]c4ccc(Br)cc4c3CCN2c2ncccn2)cc1. The van der Waals surface area contributed by atoms with E-state index in [2.05, 4.69) is 92.1 Å². The van der Waals surface area contributed by atoms with E-state index in [1.54, 1.807) is 0 Å². The fraction of sp³-hybridized carbons (Fsp3) is 0.250. The van der Waals surface area contributed by atoms with Gasteiger partial charge in [-0.1, -0.05) is 54.0 Å². The molecule has 5 rings (SSSR count). The zero-order valence-electron chi connectivity index (χ0n) is 16.6. The summed E-state index contributed by atoms with van der Waals surface area (Å²) in [5.74, 6) is 1.29. The van der Waals surface area contributed by atoms with Crippen LogP contribution < -0.4 is 4.90 Å². The summed E-state index contributed by atoms with van der Waals surface area (Å²) in [6.07, 6.45) is 4.60. The maximum atomic E-state index is 4.56. The molecule has 1 unspecified atom stereocenters. The number of fused-ring (bicyclic) bond motifs is 3. The fourth-order valence-electron chi connectivity index (χ4n) is 4.33. The number of hydrogen-bond acceptors (Lipinski definition) is 3. The second-order valence-electron chi connectivity index (χ2n) is 7.92. The number of aromatic amines is 1. The van der Waals surface area contributed by atoms with Gasteiger partial charge in [-0.2, -0.15) is 0 Å². The molecule has 3 heterocycles. The second kappa shape index (κ2) is 7.30. The minimum Gasteiger partial charge on any atom is -0.356 e. The molecular weight excluding hydrogens is 424 g/mol. The summed E-state index contributed by atoms with van der Waals surface area (Å²) in [4.78, 5) is 15.1. The molecule has 1 aliphatic heterocycles. The van der Waals surface area contributed by atoms with Crippen LogP contribution in [0.5, 0.6) is 0 Å². The Balaban J connectivity index is 1.68. The lowest BCUT2D eigenvalue weighted by molar-refractivity contribution is 0.626. The predicted octanol–water partition coefficient (Wildman–Crippen LogP) is 6.00. The molecule has 29 heavy (non-hydrogen) atoms. The molecule has 0 bridgehead atoms. The van der Waals surface area contributed by atoms with Gasteiger partial charge in [0.2, 0.25) is 5.95 Å². The van der Waals surface area contributed by atoms with E-state index in [0.717, 1.165) is 23.4 Å². The number of hydrogen-bond donors (Lipinski definition) is 1. The largest absolute Gasteiger partial charge is 0.356 e. The van der Waals surface area contributed by atoms with Crippen molar-refractivity contribution in [2.24, 2.45) is 0 Å². The minimum absolute atomic E-state index is 0.0635. The molecule has 146 valence electrons. The molecule has 0 spiro atoms. The molecule has 1 atom stereocenters. The van der Waals surface area contributed by atoms with Crippen LogP contribution in [0.25, 0.3) is 10.9 Å². The highest BCUT2D eigenvalue weighted by Gasteiger charge is 2.33. The van der Waals surface area contributed by atoms with Crippen molar-refractivity contribution in [2.75, 3.05) is 11.4 Å². The summed E-state index contributed by atoms with van der Waals surface area (Å²) in [6, 6.07) is 17.4. The summed E-state index contributed by atoms with van der Waals surface area (Å²) in [5.41, 5.74) is 6.43. The molecule has 4 nitrogen and oxygen atoms in total. The van der Waals surface area contributed by atoms with Gasteiger partial charge in [-0.3, -0.25) is 0 Å². The standard InChI is InChI=1S/C24H23BrN4/c1-15(2)16-4-6-17(7-5-16)23-22-19(20-14-18(25)8-9-21(20)28-22)10-13-29(23)24-26-11-3-12-27-24/h3-9,11-12,14-15,23,28H,10,13H2,1-2H3. The number of rotatable bonds is 3. The molecule has 0 amide bonds. The van der Waals surface area contributed by atoms with Gasteiger partial charge in [0.15, 0.2) is 0 Å². The number of aromatic nitrogens is 3. The van der Waals surface area contributed by atoms with Crippen molar-refractivity contribution >= 4 is 32.8 Å². The molecule has 1 aliphatic rings. The van der Waals surface area contributed by atoms with E-state index < -0.39 is 0 Å². The fourth-order valence-corrected chi connectivity index (χ4v) is 4.69. The van der Waals surface area contributed by atoms with Gasteiger partial charge in [0, 0.05) is 40.0 Å². The third kappa shape index (κ3) is 3.23. The molecule has 2 aromatic carbocycles. The van der Waals surface area contributed by atoms with Crippen LogP contribution in [0, 0.1) is 0 Å². The maximum Gasteiger partial charge on any atom is 0.226 e. The Morgan fingerprint density at radius 2 is 1.83 bits per heavy atom. The average Bonchev–Trinajstić information content (AvgIpc) is 3.11. The first-order valence-electron chi connectivity index (χ1n) is 10.1. The second-order valence-corrected chi connectivity index (χ2v) is 8.84. The minimum atomic E-state index is 0.0635. The van der Waals surface area contributed by atoms with Crippen molar-refractivity contribution in [3.05, 3.63) is 87.8 Å². The van der Waals surface area contributed by atoms with Crippen LogP contribution in [0.4, 0.5) is 5.95 Å². The molecule has 2 aromatic heterocycles. The third-order valence-electron chi connectivity index (χ3n) is 5.82. The highest BCUT2D eigenvalue weighted by Crippen LogP contribution is 2.40. The molecule has 0 saturated heterocycles. The molecule has 0 aliphatic carbocycles. The van der Waals surface area contributed by atoms with Gasteiger partial charge in [-0.25, -0.2) is 9.97 Å². The Kier molecular flexibility index (Phi) is 4.63. The number of H-pyrrole nitrogens is 1. The first kappa shape index (κ1) is 18.4. The molecule has 0 radical (unpaired) electrons. The van der Waals surface area contributed by atoms with E-state index in [0.29, 0.717) is 5.92 Å². The first-order valence-corrected chi connectivity index (χ1v) is 10.8. The van der Waals surface area contributed by atoms with E-state index in [1.807, 2.05) is 18.5 Å². The highest BCUT2D eigenvalue weighted by molar-refractivity contribution is 9.10. The van der Waals surface area contributed by atoms with Gasteiger partial charge in [0.05, 0.1) is 6.04 Å². The maximum absolute atomic E-state index is 4.56. The molecule has 4 aromatic rings. The van der Waals surface area contributed by atoms with Gasteiger partial charge in [-0.05, 0) is 53.3 Å². The number of anilines is 1.